The lowest BCUT2D eigenvalue weighted by atomic mass is 9.91. The van der Waals surface area contributed by atoms with Crippen molar-refractivity contribution >= 4 is 31.9 Å². The summed E-state index contributed by atoms with van der Waals surface area (Å²) in [6, 6.07) is 3.88. The zero-order valence-electron chi connectivity index (χ0n) is 6.93. The van der Waals surface area contributed by atoms with Crippen LogP contribution in [0.3, 0.4) is 0 Å². The van der Waals surface area contributed by atoms with Crippen molar-refractivity contribution in [2.75, 3.05) is 0 Å². The van der Waals surface area contributed by atoms with Crippen molar-refractivity contribution in [3.63, 3.8) is 0 Å². The van der Waals surface area contributed by atoms with Crippen LogP contribution in [0, 0.1) is 22.7 Å². The first-order chi connectivity index (χ1) is 6.20. The van der Waals surface area contributed by atoms with Gasteiger partial charge < -0.3 is 0 Å². The van der Waals surface area contributed by atoms with Crippen LogP contribution < -0.4 is 0 Å². The lowest BCUT2D eigenvalue weighted by Crippen LogP contribution is -2.20. The summed E-state index contributed by atoms with van der Waals surface area (Å²) in [6.07, 6.45) is 3.13. The first kappa shape index (κ1) is 10.8. The van der Waals surface area contributed by atoms with Crippen molar-refractivity contribution in [1.82, 2.24) is 0 Å². The number of rotatable bonds is 0. The average Bonchev–Trinajstić information content (AvgIpc) is 2.11. The van der Waals surface area contributed by atoms with E-state index in [2.05, 4.69) is 31.9 Å². The molecule has 1 aliphatic carbocycles. The van der Waals surface area contributed by atoms with Crippen molar-refractivity contribution in [1.29, 1.82) is 10.5 Å². The van der Waals surface area contributed by atoms with Gasteiger partial charge in [-0.2, -0.15) is 10.5 Å². The van der Waals surface area contributed by atoms with Gasteiger partial charge in [-0.25, -0.2) is 0 Å². The van der Waals surface area contributed by atoms with E-state index in [1.807, 2.05) is 12.1 Å². The van der Waals surface area contributed by atoms with Gasteiger partial charge in [-0.15, -0.1) is 0 Å². The maximum Gasteiger partial charge on any atom is 0.131 e. The van der Waals surface area contributed by atoms with E-state index in [1.54, 1.807) is 0 Å². The van der Waals surface area contributed by atoms with Crippen molar-refractivity contribution in [3.8, 4) is 12.1 Å². The standard InChI is InChI=1S/C9H8Br2N2/c10-7-2-1-3-8(11)9(7)6(4-12)5-13/h7-8H,1-3H2/t7-,8-/m0/s1. The van der Waals surface area contributed by atoms with Crippen molar-refractivity contribution in [3.05, 3.63) is 11.1 Å². The molecular weight excluding hydrogens is 296 g/mol. The summed E-state index contributed by atoms with van der Waals surface area (Å²) in [7, 11) is 0. The molecule has 1 fully saturated rings. The maximum atomic E-state index is 8.74. The molecule has 0 aromatic heterocycles. The number of allylic oxidation sites excluding steroid dienone is 2. The molecule has 0 bridgehead atoms. The van der Waals surface area contributed by atoms with Crippen molar-refractivity contribution in [2.24, 2.45) is 0 Å². The molecule has 0 saturated heterocycles. The summed E-state index contributed by atoms with van der Waals surface area (Å²) in [5.74, 6) is 0. The molecule has 4 heteroatoms. The van der Waals surface area contributed by atoms with Crippen molar-refractivity contribution < 1.29 is 0 Å². The highest BCUT2D eigenvalue weighted by Gasteiger charge is 2.26. The van der Waals surface area contributed by atoms with E-state index in [-0.39, 0.29) is 15.2 Å². The fourth-order valence-electron chi connectivity index (χ4n) is 1.45. The summed E-state index contributed by atoms with van der Waals surface area (Å²) < 4.78 is 0. The van der Waals surface area contributed by atoms with E-state index in [9.17, 15) is 0 Å². The highest BCUT2D eigenvalue weighted by Crippen LogP contribution is 2.35. The number of nitrogens with zero attached hydrogens (tertiary/aromatic N) is 2. The first-order valence-corrected chi connectivity index (χ1v) is 5.86. The SMILES string of the molecule is N#CC(C#N)=C1[C@@H](Br)CCC[C@@H]1Br. The topological polar surface area (TPSA) is 47.6 Å². The second-order valence-corrected chi connectivity index (χ2v) is 5.13. The van der Waals surface area contributed by atoms with Crippen LogP contribution in [0.5, 0.6) is 0 Å². The van der Waals surface area contributed by atoms with E-state index in [0.717, 1.165) is 24.8 Å². The largest absolute Gasteiger partial charge is 0.192 e. The normalized spacial score (nSPS) is 27.5. The molecule has 0 spiro atoms. The Kier molecular flexibility index (Phi) is 3.96. The number of alkyl halides is 2. The molecule has 2 nitrogen and oxygen atoms in total. The van der Waals surface area contributed by atoms with Gasteiger partial charge in [-0.3, -0.25) is 0 Å². The summed E-state index contributed by atoms with van der Waals surface area (Å²) in [5.41, 5.74) is 1.17. The van der Waals surface area contributed by atoms with E-state index in [1.165, 1.54) is 0 Å². The van der Waals surface area contributed by atoms with Crippen LogP contribution in [0.15, 0.2) is 11.1 Å². The van der Waals surface area contributed by atoms with Gasteiger partial charge in [0.1, 0.15) is 17.7 Å². The number of hydrogen-bond donors (Lipinski definition) is 0. The van der Waals surface area contributed by atoms with E-state index in [0.29, 0.717) is 0 Å². The lowest BCUT2D eigenvalue weighted by Gasteiger charge is -2.25. The molecule has 1 rings (SSSR count). The Hall–Kier alpha value is -0.320. The van der Waals surface area contributed by atoms with Crippen LogP contribution in [0.25, 0.3) is 0 Å². The molecule has 0 aliphatic heterocycles. The summed E-state index contributed by atoms with van der Waals surface area (Å²) in [5, 5.41) is 17.5. The summed E-state index contributed by atoms with van der Waals surface area (Å²) >= 11 is 6.97. The van der Waals surface area contributed by atoms with Gasteiger partial charge in [-0.1, -0.05) is 38.3 Å². The molecule has 13 heavy (non-hydrogen) atoms. The van der Waals surface area contributed by atoms with Gasteiger partial charge in [0.25, 0.3) is 0 Å². The van der Waals surface area contributed by atoms with Crippen LogP contribution in [-0.4, -0.2) is 9.65 Å². The van der Waals surface area contributed by atoms with Crippen molar-refractivity contribution in [2.45, 2.75) is 28.9 Å². The highest BCUT2D eigenvalue weighted by atomic mass is 79.9. The molecule has 1 aliphatic rings. The molecular formula is C9H8Br2N2. The second-order valence-electron chi connectivity index (χ2n) is 2.92. The molecule has 68 valence electrons. The van der Waals surface area contributed by atoms with E-state index < -0.39 is 0 Å². The Bertz CT molecular complexity index is 281. The number of hydrogen-bond acceptors (Lipinski definition) is 2. The monoisotopic (exact) mass is 302 g/mol. The predicted molar refractivity (Wildman–Crippen MR) is 57.5 cm³/mol. The third kappa shape index (κ3) is 2.33. The Morgan fingerprint density at radius 2 is 1.62 bits per heavy atom. The molecule has 0 aromatic rings. The van der Waals surface area contributed by atoms with Crippen LogP contribution in [0.4, 0.5) is 0 Å². The minimum absolute atomic E-state index is 0.180. The Morgan fingerprint density at radius 1 is 1.15 bits per heavy atom. The zero-order valence-corrected chi connectivity index (χ0v) is 10.1. The van der Waals surface area contributed by atoms with Crippen LogP contribution in [0.2, 0.25) is 0 Å². The lowest BCUT2D eigenvalue weighted by molar-refractivity contribution is 0.627. The Morgan fingerprint density at radius 3 is 2.00 bits per heavy atom. The van der Waals surface area contributed by atoms with Gasteiger partial charge in [0.15, 0.2) is 0 Å². The minimum Gasteiger partial charge on any atom is -0.192 e. The quantitative estimate of drug-likeness (QED) is 0.510. The number of nitriles is 2. The average molecular weight is 304 g/mol. The van der Waals surface area contributed by atoms with E-state index in [4.69, 9.17) is 10.5 Å². The predicted octanol–water partition coefficient (Wildman–Crippen LogP) is 3.04. The molecule has 0 heterocycles. The van der Waals surface area contributed by atoms with Crippen LogP contribution >= 0.6 is 31.9 Å². The summed E-state index contributed by atoms with van der Waals surface area (Å²) in [4.78, 5) is 0.361. The third-order valence-electron chi connectivity index (χ3n) is 2.10. The Labute approximate surface area is 94.5 Å². The Balaban J connectivity index is 3.06. The molecule has 0 amide bonds. The van der Waals surface area contributed by atoms with Gasteiger partial charge in [-0.05, 0) is 18.4 Å². The smallest absolute Gasteiger partial charge is 0.131 e. The maximum absolute atomic E-state index is 8.74. The van der Waals surface area contributed by atoms with Gasteiger partial charge >= 0.3 is 0 Å². The fourth-order valence-corrected chi connectivity index (χ4v) is 3.55. The zero-order chi connectivity index (χ0) is 9.84. The van der Waals surface area contributed by atoms with E-state index >= 15 is 0 Å². The molecule has 1 saturated carbocycles. The van der Waals surface area contributed by atoms with Crippen LogP contribution in [-0.2, 0) is 0 Å². The summed E-state index contributed by atoms with van der Waals surface area (Å²) in [6.45, 7) is 0. The first-order valence-electron chi connectivity index (χ1n) is 4.03. The van der Waals surface area contributed by atoms with Gasteiger partial charge in [0, 0.05) is 9.65 Å². The van der Waals surface area contributed by atoms with Gasteiger partial charge in [0.05, 0.1) is 0 Å². The molecule has 0 unspecified atom stereocenters. The van der Waals surface area contributed by atoms with Gasteiger partial charge in [0.2, 0.25) is 0 Å². The number of halogens is 2. The molecule has 2 atom stereocenters. The molecule has 0 aromatic carbocycles. The second kappa shape index (κ2) is 4.79. The fraction of sp³-hybridized carbons (Fsp3) is 0.556. The molecule has 0 radical (unpaired) electrons. The van der Waals surface area contributed by atoms with Crippen LogP contribution in [0.1, 0.15) is 19.3 Å². The minimum atomic E-state index is 0.180. The molecule has 0 N–H and O–H groups in total. The third-order valence-corrected chi connectivity index (χ3v) is 4.00. The highest BCUT2D eigenvalue weighted by molar-refractivity contribution is 9.10.